The Hall–Kier alpha value is -2.17. The average molecular weight is 428 g/mol. The summed E-state index contributed by atoms with van der Waals surface area (Å²) in [5.41, 5.74) is 12.3. The van der Waals surface area contributed by atoms with Crippen LogP contribution in [0.1, 0.15) is 53.0 Å². The van der Waals surface area contributed by atoms with Crippen LogP contribution in [-0.2, 0) is 6.54 Å². The Labute approximate surface area is 190 Å². The van der Waals surface area contributed by atoms with Gasteiger partial charge < -0.3 is 11.1 Å². The summed E-state index contributed by atoms with van der Waals surface area (Å²) in [5, 5.41) is 3.59. The zero-order chi connectivity index (χ0) is 23.1. The van der Waals surface area contributed by atoms with Gasteiger partial charge in [0.1, 0.15) is 0 Å². The Bertz CT molecular complexity index is 756. The molecule has 3 nitrogen and oxygen atoms in total. The topological polar surface area (TPSA) is 41.3 Å². The first-order valence-electron chi connectivity index (χ1n) is 10.7. The predicted molar refractivity (Wildman–Crippen MR) is 139 cm³/mol. The third-order valence-corrected chi connectivity index (χ3v) is 5.01. The molecule has 0 spiro atoms. The number of allylic oxidation sites excluding steroid dienone is 4. The van der Waals surface area contributed by atoms with Gasteiger partial charge in [-0.1, -0.05) is 51.5 Å². The van der Waals surface area contributed by atoms with E-state index in [4.69, 9.17) is 5.73 Å². The first-order chi connectivity index (χ1) is 14.4. The second-order valence-corrected chi connectivity index (χ2v) is 7.47. The molecule has 166 valence electrons. The molecule has 0 aliphatic heterocycles. The van der Waals surface area contributed by atoms with Crippen molar-refractivity contribution in [2.75, 3.05) is 18.4 Å². The Balaban J connectivity index is 0.00000407. The van der Waals surface area contributed by atoms with Crippen molar-refractivity contribution in [3.63, 3.8) is 0 Å². The van der Waals surface area contributed by atoms with Gasteiger partial charge in [-0.3, -0.25) is 4.90 Å². The highest BCUT2D eigenvalue weighted by atomic mass is 32.1. The van der Waals surface area contributed by atoms with Crippen molar-refractivity contribution in [1.29, 1.82) is 0 Å². The van der Waals surface area contributed by atoms with Crippen LogP contribution in [0.15, 0.2) is 83.6 Å². The maximum atomic E-state index is 6.34. The van der Waals surface area contributed by atoms with Crippen molar-refractivity contribution in [3.05, 3.63) is 84.3 Å². The van der Waals surface area contributed by atoms with Crippen molar-refractivity contribution in [2.45, 2.75) is 58.9 Å². The molecule has 3 N–H and O–H groups in total. The Morgan fingerprint density at radius 1 is 1.20 bits per heavy atom. The Morgan fingerprint density at radius 2 is 1.83 bits per heavy atom. The summed E-state index contributed by atoms with van der Waals surface area (Å²) in [5.74, 6) is 0. The van der Waals surface area contributed by atoms with Gasteiger partial charge in [-0.25, -0.2) is 0 Å². The smallest absolute Gasteiger partial charge is 0.0434 e. The van der Waals surface area contributed by atoms with E-state index in [-0.39, 0.29) is 0 Å². The largest absolute Gasteiger partial charge is 0.398 e. The van der Waals surface area contributed by atoms with E-state index in [1.165, 1.54) is 5.56 Å². The molecule has 0 bridgehead atoms. The van der Waals surface area contributed by atoms with Crippen LogP contribution >= 0.6 is 12.6 Å². The molecule has 1 aromatic rings. The third kappa shape index (κ3) is 9.55. The molecule has 0 saturated heterocycles. The molecule has 1 rings (SSSR count). The van der Waals surface area contributed by atoms with E-state index in [9.17, 15) is 0 Å². The number of anilines is 1. The number of nitrogens with zero attached hydrogens (tertiary/aromatic N) is 1. The summed E-state index contributed by atoms with van der Waals surface area (Å²) < 4.78 is 0. The van der Waals surface area contributed by atoms with E-state index in [1.54, 1.807) is 0 Å². The minimum atomic E-state index is 0.721. The molecule has 0 aliphatic carbocycles. The summed E-state index contributed by atoms with van der Waals surface area (Å²) in [7, 11) is 0. The van der Waals surface area contributed by atoms with Crippen molar-refractivity contribution in [1.82, 2.24) is 4.90 Å². The van der Waals surface area contributed by atoms with Gasteiger partial charge in [0.2, 0.25) is 0 Å². The quantitative estimate of drug-likeness (QED) is 0.201. The molecular weight excluding hydrogens is 386 g/mol. The first-order valence-corrected chi connectivity index (χ1v) is 11.1. The number of hydrogen-bond acceptors (Lipinski definition) is 4. The molecular formula is C26H41N3S. The predicted octanol–water partition coefficient (Wildman–Crippen LogP) is 7.08. The number of benzene rings is 1. The van der Waals surface area contributed by atoms with E-state index in [1.807, 2.05) is 26.0 Å². The fourth-order valence-corrected chi connectivity index (χ4v) is 3.18. The molecule has 0 amide bonds. The van der Waals surface area contributed by atoms with E-state index >= 15 is 0 Å². The molecule has 1 aromatic carbocycles. The minimum absolute atomic E-state index is 0.721. The second-order valence-electron chi connectivity index (χ2n) is 6.98. The molecule has 0 fully saturated rings. The molecule has 0 heterocycles. The molecule has 0 aliphatic rings. The lowest BCUT2D eigenvalue weighted by molar-refractivity contribution is 0.294. The molecule has 0 atom stereocenters. The van der Waals surface area contributed by atoms with Gasteiger partial charge in [-0.15, -0.1) is 25.8 Å². The molecule has 0 saturated carbocycles. The molecule has 0 unspecified atom stereocenters. The molecule has 4 heteroatoms. The highest BCUT2D eigenvalue weighted by Crippen LogP contribution is 2.25. The van der Waals surface area contributed by atoms with Crippen LogP contribution in [0.4, 0.5) is 5.69 Å². The van der Waals surface area contributed by atoms with Gasteiger partial charge in [0.15, 0.2) is 0 Å². The zero-order valence-electron chi connectivity index (χ0n) is 19.6. The van der Waals surface area contributed by atoms with Crippen molar-refractivity contribution >= 4 is 18.3 Å². The number of nitrogens with two attached hydrogens (primary N) is 1. The monoisotopic (exact) mass is 427 g/mol. The zero-order valence-corrected chi connectivity index (χ0v) is 20.5. The summed E-state index contributed by atoms with van der Waals surface area (Å²) in [6.07, 6.45) is 8.24. The highest BCUT2D eigenvalue weighted by Gasteiger charge is 2.10. The SMILES string of the molecule is C=C.C=C(C)\C=C(N)/C(=C\C)C(=C\CCC)/Nc1ccc(S)c(CN(CC)CC)c1. The lowest BCUT2D eigenvalue weighted by atomic mass is 10.0. The Morgan fingerprint density at radius 3 is 2.33 bits per heavy atom. The summed E-state index contributed by atoms with van der Waals surface area (Å²) in [4.78, 5) is 3.40. The second kappa shape index (κ2) is 15.6. The molecule has 0 radical (unpaired) electrons. The highest BCUT2D eigenvalue weighted by molar-refractivity contribution is 7.80. The van der Waals surface area contributed by atoms with Crippen LogP contribution in [0.2, 0.25) is 0 Å². The normalized spacial score (nSPS) is 12.4. The maximum absolute atomic E-state index is 6.34. The first kappa shape index (κ1) is 27.8. The lowest BCUT2D eigenvalue weighted by Crippen LogP contribution is -2.22. The van der Waals surface area contributed by atoms with Gasteiger partial charge in [0.25, 0.3) is 0 Å². The number of unbranched alkanes of at least 4 members (excludes halogenated alkanes) is 1. The summed E-state index contributed by atoms with van der Waals surface area (Å²) >= 11 is 4.65. The van der Waals surface area contributed by atoms with E-state index in [0.29, 0.717) is 0 Å². The standard InChI is InChI=1S/C24H37N3S.C2H4/c1-7-11-12-23(21(8-2)22(25)15-18(5)6)26-20-13-14-24(28)19(16-20)17-27(9-3)10-4;1-2/h8,12-16,26,28H,5,7,9-11,17,25H2,1-4,6H3;1-2H2/b21-8+,22-15+,23-12+;. The minimum Gasteiger partial charge on any atom is -0.398 e. The molecule has 0 aromatic heterocycles. The van der Waals surface area contributed by atoms with Crippen LogP contribution in [-0.4, -0.2) is 18.0 Å². The van der Waals surface area contributed by atoms with Crippen LogP contribution in [0.3, 0.4) is 0 Å². The van der Waals surface area contributed by atoms with Crippen LogP contribution in [0, 0.1) is 0 Å². The van der Waals surface area contributed by atoms with E-state index in [0.717, 1.165) is 65.6 Å². The fraction of sp³-hybridized carbons (Fsp3) is 0.385. The van der Waals surface area contributed by atoms with Crippen LogP contribution < -0.4 is 11.1 Å². The number of hydrogen-bond donors (Lipinski definition) is 3. The average Bonchev–Trinajstić information content (AvgIpc) is 2.73. The number of thiol groups is 1. The maximum Gasteiger partial charge on any atom is 0.0434 e. The number of nitrogens with one attached hydrogen (secondary N) is 1. The van der Waals surface area contributed by atoms with E-state index < -0.39 is 0 Å². The third-order valence-electron chi connectivity index (χ3n) is 4.58. The number of rotatable bonds is 11. The van der Waals surface area contributed by atoms with Crippen LogP contribution in [0.5, 0.6) is 0 Å². The van der Waals surface area contributed by atoms with E-state index in [2.05, 4.69) is 87.6 Å². The lowest BCUT2D eigenvalue weighted by Gasteiger charge is -2.21. The van der Waals surface area contributed by atoms with Gasteiger partial charge >= 0.3 is 0 Å². The summed E-state index contributed by atoms with van der Waals surface area (Å²) in [6, 6.07) is 6.32. The Kier molecular flexibility index (Phi) is 14.5. The summed E-state index contributed by atoms with van der Waals surface area (Å²) in [6.45, 7) is 23.4. The van der Waals surface area contributed by atoms with Gasteiger partial charge in [-0.05, 0) is 63.2 Å². The van der Waals surface area contributed by atoms with Crippen molar-refractivity contribution in [2.24, 2.45) is 5.73 Å². The van der Waals surface area contributed by atoms with Gasteiger partial charge in [-0.2, -0.15) is 0 Å². The fourth-order valence-electron chi connectivity index (χ4n) is 2.97. The van der Waals surface area contributed by atoms with Crippen molar-refractivity contribution in [3.8, 4) is 0 Å². The molecule has 30 heavy (non-hydrogen) atoms. The van der Waals surface area contributed by atoms with Gasteiger partial charge in [0.05, 0.1) is 0 Å². The van der Waals surface area contributed by atoms with Crippen LogP contribution in [0.25, 0.3) is 0 Å². The van der Waals surface area contributed by atoms with Crippen molar-refractivity contribution < 1.29 is 0 Å². The van der Waals surface area contributed by atoms with Gasteiger partial charge in [0, 0.05) is 34.1 Å².